The maximum atomic E-state index is 5.62. The fourth-order valence-corrected chi connectivity index (χ4v) is 1.62. The van der Waals surface area contributed by atoms with Crippen molar-refractivity contribution in [3.8, 4) is 0 Å². The molecule has 0 aromatic carbocycles. The lowest BCUT2D eigenvalue weighted by molar-refractivity contribution is 0.252. The van der Waals surface area contributed by atoms with E-state index >= 15 is 0 Å². The van der Waals surface area contributed by atoms with Crippen LogP contribution < -0.4 is 5.73 Å². The third-order valence-electron chi connectivity index (χ3n) is 2.44. The van der Waals surface area contributed by atoms with E-state index in [1.165, 1.54) is 32.2 Å². The van der Waals surface area contributed by atoms with Crippen molar-refractivity contribution in [1.82, 2.24) is 4.90 Å². The minimum Gasteiger partial charge on any atom is -0.329 e. The van der Waals surface area contributed by atoms with Gasteiger partial charge in [0.25, 0.3) is 0 Å². The van der Waals surface area contributed by atoms with Crippen LogP contribution in [0.4, 0.5) is 0 Å². The van der Waals surface area contributed by atoms with Gasteiger partial charge in [0.2, 0.25) is 0 Å². The Kier molecular flexibility index (Phi) is 3.16. The second-order valence-electron chi connectivity index (χ2n) is 3.22. The Morgan fingerprint density at radius 2 is 2.20 bits per heavy atom. The Morgan fingerprint density at radius 3 is 2.90 bits per heavy atom. The third-order valence-corrected chi connectivity index (χ3v) is 2.44. The lowest BCUT2D eigenvalue weighted by Gasteiger charge is -2.23. The molecule has 0 spiro atoms. The zero-order valence-corrected chi connectivity index (χ0v) is 6.84. The van der Waals surface area contributed by atoms with E-state index in [1.54, 1.807) is 0 Å². The number of likely N-dealkylation sites (tertiary alicyclic amines) is 1. The van der Waals surface area contributed by atoms with Crippen molar-refractivity contribution in [2.24, 2.45) is 5.73 Å². The van der Waals surface area contributed by atoms with Crippen LogP contribution in [-0.2, 0) is 0 Å². The predicted octanol–water partition coefficient (Wildman–Crippen LogP) is 0.820. The molecule has 0 amide bonds. The minimum atomic E-state index is 0.655. The molecule has 0 saturated carbocycles. The first-order chi connectivity index (χ1) is 4.84. The molecular weight excluding hydrogens is 124 g/mol. The van der Waals surface area contributed by atoms with Crippen LogP contribution in [0.2, 0.25) is 0 Å². The maximum Gasteiger partial charge on any atom is 0.0215 e. The van der Waals surface area contributed by atoms with E-state index in [9.17, 15) is 0 Å². The summed E-state index contributed by atoms with van der Waals surface area (Å²) in [5.74, 6) is 0. The van der Waals surface area contributed by atoms with Crippen LogP contribution in [-0.4, -0.2) is 31.1 Å². The summed E-state index contributed by atoms with van der Waals surface area (Å²) < 4.78 is 0. The van der Waals surface area contributed by atoms with Gasteiger partial charge < -0.3 is 10.6 Å². The smallest absolute Gasteiger partial charge is 0.0215 e. The van der Waals surface area contributed by atoms with Gasteiger partial charge in [0, 0.05) is 12.6 Å². The van der Waals surface area contributed by atoms with Gasteiger partial charge in [0.05, 0.1) is 0 Å². The number of hydrogen-bond acceptors (Lipinski definition) is 2. The molecule has 0 aliphatic carbocycles. The number of hydrogen-bond donors (Lipinski definition) is 1. The summed E-state index contributed by atoms with van der Waals surface area (Å²) >= 11 is 0. The van der Waals surface area contributed by atoms with Crippen molar-refractivity contribution in [3.63, 3.8) is 0 Å². The van der Waals surface area contributed by atoms with Gasteiger partial charge in [0.1, 0.15) is 0 Å². The van der Waals surface area contributed by atoms with E-state index in [2.05, 4.69) is 11.9 Å². The Morgan fingerprint density at radius 1 is 1.40 bits per heavy atom. The highest BCUT2D eigenvalue weighted by atomic mass is 15.1. The number of likely N-dealkylation sites (N-methyl/N-ethyl adjacent to an activating group) is 1. The highest BCUT2D eigenvalue weighted by Gasteiger charge is 2.14. The van der Waals surface area contributed by atoms with E-state index in [0.29, 0.717) is 6.04 Å². The molecule has 1 heterocycles. The largest absolute Gasteiger partial charge is 0.329 e. The second kappa shape index (κ2) is 3.94. The molecule has 0 radical (unpaired) electrons. The molecule has 1 saturated heterocycles. The second-order valence-corrected chi connectivity index (χ2v) is 3.22. The molecule has 10 heavy (non-hydrogen) atoms. The van der Waals surface area contributed by atoms with Crippen LogP contribution >= 0.6 is 0 Å². The highest BCUT2D eigenvalue weighted by molar-refractivity contribution is 4.72. The molecule has 0 aromatic heterocycles. The van der Waals surface area contributed by atoms with Crippen molar-refractivity contribution >= 4 is 0 Å². The van der Waals surface area contributed by atoms with Gasteiger partial charge in [-0.2, -0.15) is 0 Å². The van der Waals surface area contributed by atoms with Crippen LogP contribution in [0.5, 0.6) is 0 Å². The van der Waals surface area contributed by atoms with E-state index in [0.717, 1.165) is 6.54 Å². The molecule has 1 aliphatic heterocycles. The van der Waals surface area contributed by atoms with Gasteiger partial charge in [0.15, 0.2) is 0 Å². The van der Waals surface area contributed by atoms with E-state index < -0.39 is 0 Å². The summed E-state index contributed by atoms with van der Waals surface area (Å²) in [6.07, 6.45) is 5.41. The zero-order valence-electron chi connectivity index (χ0n) is 6.84. The van der Waals surface area contributed by atoms with Gasteiger partial charge in [-0.25, -0.2) is 0 Å². The first-order valence-electron chi connectivity index (χ1n) is 4.25. The van der Waals surface area contributed by atoms with Crippen molar-refractivity contribution in [2.75, 3.05) is 20.1 Å². The Hall–Kier alpha value is -0.0800. The topological polar surface area (TPSA) is 29.3 Å². The molecule has 0 aromatic rings. The molecule has 2 nitrogen and oxygen atoms in total. The van der Waals surface area contributed by atoms with E-state index in [4.69, 9.17) is 5.73 Å². The lowest BCUT2D eigenvalue weighted by Crippen LogP contribution is -2.36. The molecular formula is C8H18N2. The molecule has 0 bridgehead atoms. The van der Waals surface area contributed by atoms with Gasteiger partial charge in [-0.3, -0.25) is 0 Å². The number of nitrogens with zero attached hydrogens (tertiary/aromatic N) is 1. The molecule has 1 aliphatic rings. The summed E-state index contributed by atoms with van der Waals surface area (Å²) in [4.78, 5) is 2.40. The van der Waals surface area contributed by atoms with Gasteiger partial charge in [-0.1, -0.05) is 12.8 Å². The predicted molar refractivity (Wildman–Crippen MR) is 43.9 cm³/mol. The number of nitrogens with two attached hydrogens (primary N) is 1. The summed E-state index contributed by atoms with van der Waals surface area (Å²) in [5, 5.41) is 0. The van der Waals surface area contributed by atoms with Crippen LogP contribution in [0.1, 0.15) is 25.7 Å². The molecule has 1 atom stereocenters. The summed E-state index contributed by atoms with van der Waals surface area (Å²) in [6, 6.07) is 0.655. The molecule has 60 valence electrons. The standard InChI is InChI=1S/C8H18N2/c1-10-6-4-2-3-5-8(10)7-9/h8H,2-7,9H2,1H3/t8-/m1/s1. The zero-order chi connectivity index (χ0) is 7.40. The lowest BCUT2D eigenvalue weighted by atomic mass is 10.1. The number of rotatable bonds is 1. The third kappa shape index (κ3) is 1.96. The van der Waals surface area contributed by atoms with Gasteiger partial charge >= 0.3 is 0 Å². The average molecular weight is 142 g/mol. The van der Waals surface area contributed by atoms with Crippen LogP contribution in [0, 0.1) is 0 Å². The fraction of sp³-hybridized carbons (Fsp3) is 1.00. The summed E-state index contributed by atoms with van der Waals surface area (Å²) in [6.45, 7) is 2.07. The summed E-state index contributed by atoms with van der Waals surface area (Å²) in [5.41, 5.74) is 5.62. The monoisotopic (exact) mass is 142 g/mol. The molecule has 2 N–H and O–H groups in total. The normalized spacial score (nSPS) is 30.0. The maximum absolute atomic E-state index is 5.62. The average Bonchev–Trinajstić information content (AvgIpc) is 2.13. The quantitative estimate of drug-likeness (QED) is 0.587. The van der Waals surface area contributed by atoms with E-state index in [-0.39, 0.29) is 0 Å². The first-order valence-corrected chi connectivity index (χ1v) is 4.25. The Bertz CT molecular complexity index is 93.3. The molecule has 1 fully saturated rings. The first kappa shape index (κ1) is 8.02. The highest BCUT2D eigenvalue weighted by Crippen LogP contribution is 2.13. The van der Waals surface area contributed by atoms with Crippen molar-refractivity contribution in [2.45, 2.75) is 31.7 Å². The van der Waals surface area contributed by atoms with Crippen molar-refractivity contribution in [3.05, 3.63) is 0 Å². The van der Waals surface area contributed by atoms with Crippen LogP contribution in [0.15, 0.2) is 0 Å². The molecule has 2 heteroatoms. The van der Waals surface area contributed by atoms with Crippen molar-refractivity contribution in [1.29, 1.82) is 0 Å². The van der Waals surface area contributed by atoms with Gasteiger partial charge in [-0.05, 0) is 26.4 Å². The Labute approximate surface area is 63.4 Å². The van der Waals surface area contributed by atoms with E-state index in [1.807, 2.05) is 0 Å². The summed E-state index contributed by atoms with van der Waals surface area (Å²) in [7, 11) is 2.18. The minimum absolute atomic E-state index is 0.655. The SMILES string of the molecule is CN1CCCCC[C@@H]1CN. The van der Waals surface area contributed by atoms with Crippen LogP contribution in [0.3, 0.4) is 0 Å². The fourth-order valence-electron chi connectivity index (χ4n) is 1.62. The van der Waals surface area contributed by atoms with Gasteiger partial charge in [-0.15, -0.1) is 0 Å². The Balaban J connectivity index is 2.35. The van der Waals surface area contributed by atoms with Crippen molar-refractivity contribution < 1.29 is 0 Å². The van der Waals surface area contributed by atoms with Crippen LogP contribution in [0.25, 0.3) is 0 Å². The molecule has 1 rings (SSSR count). The molecule has 0 unspecified atom stereocenters.